The van der Waals surface area contributed by atoms with E-state index in [1.807, 2.05) is 61.5 Å². The number of nitrogens with one attached hydrogen (secondary N) is 1. The maximum atomic E-state index is 12.5. The summed E-state index contributed by atoms with van der Waals surface area (Å²) in [5, 5.41) is 30.6. The Hall–Kier alpha value is -3.61. The zero-order valence-electron chi connectivity index (χ0n) is 26.5. The van der Waals surface area contributed by atoms with Crippen LogP contribution in [-0.4, -0.2) is 44.1 Å². The number of ether oxygens (including phenoxy) is 2. The summed E-state index contributed by atoms with van der Waals surface area (Å²) in [5.74, 6) is -0.0578. The molecule has 2 heterocycles. The third kappa shape index (κ3) is 10.4. The van der Waals surface area contributed by atoms with Gasteiger partial charge in [0.25, 0.3) is 0 Å². The summed E-state index contributed by atoms with van der Waals surface area (Å²) in [6.45, 7) is 2.37. The number of unbranched alkanes of at least 4 members (excludes halogenated alkanes) is 3. The van der Waals surface area contributed by atoms with Crippen molar-refractivity contribution in [2.24, 2.45) is 0 Å². The first-order chi connectivity index (χ1) is 22.9. The molecule has 248 valence electrons. The SMILES string of the molecule is Cc1nnc(SC[C@H]2C[C@@H](c3ccc(CO)cc3)O[C@@H](c3ccc(-c4ccccc4CNC(=O)CCCCCCC(=O)O)cc3)O2)s1. The first kappa shape index (κ1) is 34.7. The van der Waals surface area contributed by atoms with Gasteiger partial charge in [-0.25, -0.2) is 0 Å². The molecular formula is C36H41N3O6S2. The van der Waals surface area contributed by atoms with E-state index in [9.17, 15) is 14.7 Å². The van der Waals surface area contributed by atoms with Crippen LogP contribution in [0.2, 0.25) is 0 Å². The van der Waals surface area contributed by atoms with Crippen molar-refractivity contribution in [2.45, 2.75) is 87.9 Å². The lowest BCUT2D eigenvalue weighted by molar-refractivity contribution is -0.245. The number of aliphatic hydroxyl groups excluding tert-OH is 1. The highest BCUT2D eigenvalue weighted by Crippen LogP contribution is 2.40. The minimum absolute atomic E-state index is 0.00248. The quantitative estimate of drug-likeness (QED) is 0.0822. The van der Waals surface area contributed by atoms with Crippen LogP contribution in [0, 0.1) is 6.92 Å². The molecule has 5 rings (SSSR count). The highest BCUT2D eigenvalue weighted by Gasteiger charge is 2.32. The predicted octanol–water partition coefficient (Wildman–Crippen LogP) is 7.38. The van der Waals surface area contributed by atoms with Crippen LogP contribution in [0.4, 0.5) is 0 Å². The first-order valence-electron chi connectivity index (χ1n) is 16.0. The molecule has 4 aromatic rings. The first-order valence-corrected chi connectivity index (χ1v) is 17.8. The Kier molecular flexibility index (Phi) is 12.9. The van der Waals surface area contributed by atoms with E-state index in [4.69, 9.17) is 14.6 Å². The largest absolute Gasteiger partial charge is 0.481 e. The highest BCUT2D eigenvalue weighted by molar-refractivity contribution is 8.01. The highest BCUT2D eigenvalue weighted by atomic mass is 32.2. The number of aliphatic hydroxyl groups is 1. The Labute approximate surface area is 283 Å². The van der Waals surface area contributed by atoms with Crippen molar-refractivity contribution in [1.82, 2.24) is 15.5 Å². The molecule has 0 radical (unpaired) electrons. The molecule has 11 heteroatoms. The number of amides is 1. The van der Waals surface area contributed by atoms with Gasteiger partial charge in [-0.15, -0.1) is 10.2 Å². The van der Waals surface area contributed by atoms with Crippen LogP contribution in [0.3, 0.4) is 0 Å². The van der Waals surface area contributed by atoms with Crippen molar-refractivity contribution in [3.8, 4) is 11.1 Å². The number of aliphatic carboxylic acids is 1. The second kappa shape index (κ2) is 17.5. The summed E-state index contributed by atoms with van der Waals surface area (Å²) >= 11 is 3.22. The molecule has 1 aliphatic rings. The molecule has 0 bridgehead atoms. The molecular weight excluding hydrogens is 635 g/mol. The van der Waals surface area contributed by atoms with E-state index < -0.39 is 12.3 Å². The summed E-state index contributed by atoms with van der Waals surface area (Å²) in [7, 11) is 0. The van der Waals surface area contributed by atoms with Gasteiger partial charge in [0.2, 0.25) is 5.91 Å². The lowest BCUT2D eigenvalue weighted by Gasteiger charge is -2.36. The summed E-state index contributed by atoms with van der Waals surface area (Å²) < 4.78 is 13.9. The van der Waals surface area contributed by atoms with Crippen molar-refractivity contribution in [2.75, 3.05) is 5.75 Å². The van der Waals surface area contributed by atoms with Crippen LogP contribution in [0.5, 0.6) is 0 Å². The van der Waals surface area contributed by atoms with E-state index in [1.165, 1.54) is 0 Å². The topological polar surface area (TPSA) is 131 Å². The molecule has 1 aromatic heterocycles. The number of carbonyl (C=O) groups is 2. The van der Waals surface area contributed by atoms with Gasteiger partial charge in [-0.2, -0.15) is 0 Å². The van der Waals surface area contributed by atoms with Crippen LogP contribution in [0.1, 0.15) is 84.6 Å². The number of carbonyl (C=O) groups excluding carboxylic acids is 1. The second-order valence-corrected chi connectivity index (χ2v) is 14.1. The van der Waals surface area contributed by atoms with Crippen molar-refractivity contribution in [3.63, 3.8) is 0 Å². The fourth-order valence-corrected chi connectivity index (χ4v) is 7.36. The normalized spacial score (nSPS) is 17.8. The number of aromatic nitrogens is 2. The summed E-state index contributed by atoms with van der Waals surface area (Å²) in [6.07, 6.45) is 3.56. The number of aryl methyl sites for hydroxylation is 1. The molecule has 0 saturated carbocycles. The molecule has 1 aliphatic heterocycles. The number of hydrogen-bond acceptors (Lipinski definition) is 9. The second-order valence-electron chi connectivity index (χ2n) is 11.6. The molecule has 3 atom stereocenters. The minimum atomic E-state index is -0.777. The van der Waals surface area contributed by atoms with Crippen LogP contribution < -0.4 is 5.32 Å². The fraction of sp³-hybridized carbons (Fsp3) is 0.389. The van der Waals surface area contributed by atoms with Gasteiger partial charge in [0, 0.05) is 37.1 Å². The molecule has 9 nitrogen and oxygen atoms in total. The van der Waals surface area contributed by atoms with Gasteiger partial charge in [-0.1, -0.05) is 109 Å². The Morgan fingerprint density at radius 1 is 0.915 bits per heavy atom. The van der Waals surface area contributed by atoms with Gasteiger partial charge in [0.05, 0.1) is 18.8 Å². The molecule has 0 unspecified atom stereocenters. The van der Waals surface area contributed by atoms with Gasteiger partial charge in [-0.3, -0.25) is 9.59 Å². The third-order valence-corrected chi connectivity index (χ3v) is 10.2. The van der Waals surface area contributed by atoms with E-state index in [-0.39, 0.29) is 31.1 Å². The molecule has 0 aliphatic carbocycles. The molecule has 47 heavy (non-hydrogen) atoms. The zero-order chi connectivity index (χ0) is 33.0. The standard InChI is InChI=1S/C36H41N3O6S2/c1-24-38-39-36(47-24)46-23-30-20-32(27-14-12-25(22-40)13-15-27)45-35(44-30)28-18-16-26(17-19-28)31-9-7-6-8-29(31)21-37-33(41)10-4-2-3-5-11-34(42)43/h6-9,12-19,30,32,35,40H,2-5,10-11,20-23H2,1H3,(H,37,41)(H,42,43)/t30-,32+,35+/m1/s1. The van der Waals surface area contributed by atoms with Crippen molar-refractivity contribution in [1.29, 1.82) is 0 Å². The van der Waals surface area contributed by atoms with Crippen molar-refractivity contribution in [3.05, 3.63) is 100 Å². The number of hydrogen-bond donors (Lipinski definition) is 3. The molecule has 0 spiro atoms. The smallest absolute Gasteiger partial charge is 0.303 e. The average molecular weight is 676 g/mol. The average Bonchev–Trinajstić information content (AvgIpc) is 3.52. The van der Waals surface area contributed by atoms with E-state index >= 15 is 0 Å². The lowest BCUT2D eigenvalue weighted by Crippen LogP contribution is -2.31. The van der Waals surface area contributed by atoms with E-state index in [2.05, 4.69) is 33.7 Å². The maximum Gasteiger partial charge on any atom is 0.303 e. The van der Waals surface area contributed by atoms with Gasteiger partial charge >= 0.3 is 5.97 Å². The third-order valence-electron chi connectivity index (χ3n) is 8.05. The maximum absolute atomic E-state index is 12.5. The van der Waals surface area contributed by atoms with Crippen molar-refractivity contribution < 1.29 is 29.3 Å². The van der Waals surface area contributed by atoms with Gasteiger partial charge < -0.3 is 25.0 Å². The predicted molar refractivity (Wildman–Crippen MR) is 183 cm³/mol. The zero-order valence-corrected chi connectivity index (χ0v) is 28.1. The van der Waals surface area contributed by atoms with Crippen LogP contribution in [0.15, 0.2) is 77.1 Å². The number of carboxylic acids is 1. The van der Waals surface area contributed by atoms with Gasteiger partial charge in [0.15, 0.2) is 10.6 Å². The minimum Gasteiger partial charge on any atom is -0.481 e. The van der Waals surface area contributed by atoms with E-state index in [0.29, 0.717) is 25.8 Å². The summed E-state index contributed by atoms with van der Waals surface area (Å²) in [4.78, 5) is 23.1. The number of nitrogens with zero attached hydrogens (tertiary/aromatic N) is 2. The summed E-state index contributed by atoms with van der Waals surface area (Å²) in [5.41, 5.74) is 5.92. The lowest BCUT2D eigenvalue weighted by atomic mass is 9.97. The number of thioether (sulfide) groups is 1. The Morgan fingerprint density at radius 3 is 2.34 bits per heavy atom. The van der Waals surface area contributed by atoms with Crippen LogP contribution >= 0.6 is 23.1 Å². The fourth-order valence-electron chi connectivity index (χ4n) is 5.50. The van der Waals surface area contributed by atoms with Crippen LogP contribution in [-0.2, 0) is 32.2 Å². The Bertz CT molecular complexity index is 1600. The number of carboxylic acid groups (broad SMARTS) is 1. The van der Waals surface area contributed by atoms with Crippen molar-refractivity contribution >= 4 is 35.0 Å². The number of rotatable bonds is 16. The van der Waals surface area contributed by atoms with E-state index in [0.717, 1.165) is 67.7 Å². The molecule has 3 aromatic carbocycles. The van der Waals surface area contributed by atoms with Gasteiger partial charge in [-0.05, 0) is 47.6 Å². The summed E-state index contributed by atoms with van der Waals surface area (Å²) in [6, 6.07) is 24.1. The number of benzene rings is 3. The Balaban J connectivity index is 1.22. The molecule has 1 saturated heterocycles. The molecule has 1 amide bonds. The van der Waals surface area contributed by atoms with Gasteiger partial charge in [0.1, 0.15) is 5.01 Å². The van der Waals surface area contributed by atoms with E-state index in [1.54, 1.807) is 23.1 Å². The molecule has 1 fully saturated rings. The Morgan fingerprint density at radius 2 is 1.64 bits per heavy atom. The molecule has 3 N–H and O–H groups in total. The van der Waals surface area contributed by atoms with Crippen LogP contribution in [0.25, 0.3) is 11.1 Å². The monoisotopic (exact) mass is 675 g/mol.